The quantitative estimate of drug-likeness (QED) is 0.838. The molecule has 0 aromatic carbocycles. The number of aromatic nitrogens is 1. The van der Waals surface area contributed by atoms with Crippen molar-refractivity contribution in [3.63, 3.8) is 0 Å². The molecule has 0 aliphatic carbocycles. The van der Waals surface area contributed by atoms with Crippen LogP contribution in [0.2, 0.25) is 5.02 Å². The summed E-state index contributed by atoms with van der Waals surface area (Å²) in [6.45, 7) is 7.16. The molecule has 1 aromatic heterocycles. The molecule has 104 valence electrons. The number of ether oxygens (including phenoxy) is 1. The van der Waals surface area contributed by atoms with Crippen LogP contribution in [0.15, 0.2) is 18.5 Å². The number of halogens is 1. The van der Waals surface area contributed by atoms with Crippen molar-refractivity contribution in [3.05, 3.63) is 23.5 Å². The summed E-state index contributed by atoms with van der Waals surface area (Å²) in [4.78, 5) is 17.9. The Labute approximate surface area is 118 Å². The molecular formula is C14H19ClN2O2. The predicted molar refractivity (Wildman–Crippen MR) is 74.3 cm³/mol. The van der Waals surface area contributed by atoms with Gasteiger partial charge in [0.2, 0.25) is 5.91 Å². The normalized spacial score (nSPS) is 19.6. The Hall–Kier alpha value is -1.29. The van der Waals surface area contributed by atoms with Gasteiger partial charge < -0.3 is 9.64 Å². The zero-order chi connectivity index (χ0) is 14.0. The van der Waals surface area contributed by atoms with Gasteiger partial charge in [0.05, 0.1) is 6.54 Å². The zero-order valence-corrected chi connectivity index (χ0v) is 12.3. The highest BCUT2D eigenvalue weighted by atomic mass is 35.5. The highest BCUT2D eigenvalue weighted by Gasteiger charge is 2.33. The maximum absolute atomic E-state index is 12.2. The molecule has 1 fully saturated rings. The van der Waals surface area contributed by atoms with Crippen molar-refractivity contribution >= 4 is 17.5 Å². The van der Waals surface area contributed by atoms with Crippen LogP contribution in [0.1, 0.15) is 27.2 Å². The van der Waals surface area contributed by atoms with E-state index in [0.717, 1.165) is 13.0 Å². The van der Waals surface area contributed by atoms with Crippen molar-refractivity contribution in [3.8, 4) is 5.75 Å². The van der Waals surface area contributed by atoms with Gasteiger partial charge in [-0.1, -0.05) is 32.4 Å². The molecule has 19 heavy (non-hydrogen) atoms. The number of rotatable bonds is 2. The fraction of sp³-hybridized carbons (Fsp3) is 0.571. The molecule has 1 atom stereocenters. The largest absolute Gasteiger partial charge is 0.487 e. The van der Waals surface area contributed by atoms with Crippen LogP contribution in [-0.4, -0.2) is 35.0 Å². The number of amides is 1. The minimum atomic E-state index is -0.344. The Balaban J connectivity index is 1.96. The van der Waals surface area contributed by atoms with Gasteiger partial charge in [0.25, 0.3) is 0 Å². The molecule has 5 heteroatoms. The van der Waals surface area contributed by atoms with Gasteiger partial charge in [0.15, 0.2) is 0 Å². The number of carbonyl (C=O) groups is 1. The van der Waals surface area contributed by atoms with Gasteiger partial charge >= 0.3 is 0 Å². The maximum Gasteiger partial charge on any atom is 0.228 e. The van der Waals surface area contributed by atoms with E-state index in [1.165, 1.54) is 0 Å². The Morgan fingerprint density at radius 2 is 2.26 bits per heavy atom. The smallest absolute Gasteiger partial charge is 0.228 e. The van der Waals surface area contributed by atoms with Gasteiger partial charge in [0.1, 0.15) is 16.9 Å². The van der Waals surface area contributed by atoms with Crippen molar-refractivity contribution in [1.29, 1.82) is 0 Å². The van der Waals surface area contributed by atoms with Crippen LogP contribution in [0.4, 0.5) is 0 Å². The van der Waals surface area contributed by atoms with E-state index in [-0.39, 0.29) is 17.4 Å². The summed E-state index contributed by atoms with van der Waals surface area (Å²) in [5.41, 5.74) is -0.344. The van der Waals surface area contributed by atoms with Gasteiger partial charge in [-0.15, -0.1) is 0 Å². The van der Waals surface area contributed by atoms with Crippen molar-refractivity contribution < 1.29 is 9.53 Å². The van der Waals surface area contributed by atoms with E-state index in [2.05, 4.69) is 4.98 Å². The second-order valence-electron chi connectivity index (χ2n) is 5.84. The number of pyridine rings is 1. The Morgan fingerprint density at radius 1 is 1.53 bits per heavy atom. The third-order valence-corrected chi connectivity index (χ3v) is 3.39. The molecule has 4 nitrogen and oxygen atoms in total. The first-order valence-electron chi connectivity index (χ1n) is 6.43. The van der Waals surface area contributed by atoms with Crippen LogP contribution < -0.4 is 4.74 Å². The van der Waals surface area contributed by atoms with Crippen molar-refractivity contribution in [1.82, 2.24) is 9.88 Å². The monoisotopic (exact) mass is 282 g/mol. The molecule has 1 aliphatic heterocycles. The van der Waals surface area contributed by atoms with Crippen LogP contribution >= 0.6 is 11.6 Å². The summed E-state index contributed by atoms with van der Waals surface area (Å²) in [6, 6.07) is 1.75. The molecule has 0 saturated carbocycles. The second-order valence-corrected chi connectivity index (χ2v) is 6.24. The van der Waals surface area contributed by atoms with Gasteiger partial charge in [0, 0.05) is 36.8 Å². The van der Waals surface area contributed by atoms with Crippen LogP contribution in [0.3, 0.4) is 0 Å². The first kappa shape index (κ1) is 14.1. The Morgan fingerprint density at radius 3 is 2.89 bits per heavy atom. The van der Waals surface area contributed by atoms with Gasteiger partial charge in [-0.25, -0.2) is 0 Å². The van der Waals surface area contributed by atoms with Crippen molar-refractivity contribution in [2.24, 2.45) is 5.41 Å². The molecule has 1 aliphatic rings. The molecule has 2 heterocycles. The number of hydrogen-bond acceptors (Lipinski definition) is 3. The van der Waals surface area contributed by atoms with Crippen molar-refractivity contribution in [2.75, 3.05) is 13.1 Å². The van der Waals surface area contributed by atoms with Gasteiger partial charge in [-0.05, 0) is 0 Å². The lowest BCUT2D eigenvalue weighted by atomic mass is 9.95. The maximum atomic E-state index is 12.2. The fourth-order valence-electron chi connectivity index (χ4n) is 2.12. The lowest BCUT2D eigenvalue weighted by Gasteiger charge is -2.25. The zero-order valence-electron chi connectivity index (χ0n) is 11.5. The molecule has 0 radical (unpaired) electrons. The van der Waals surface area contributed by atoms with Crippen LogP contribution in [0, 0.1) is 5.41 Å². The van der Waals surface area contributed by atoms with E-state index >= 15 is 0 Å². The average molecular weight is 283 g/mol. The first-order valence-corrected chi connectivity index (χ1v) is 6.81. The summed E-state index contributed by atoms with van der Waals surface area (Å²) < 4.78 is 5.83. The number of hydrogen-bond donors (Lipinski definition) is 0. The summed E-state index contributed by atoms with van der Waals surface area (Å²) in [5, 5.41) is 0.503. The van der Waals surface area contributed by atoms with Gasteiger partial charge in [-0.3, -0.25) is 9.78 Å². The summed E-state index contributed by atoms with van der Waals surface area (Å²) >= 11 is 6.01. The average Bonchev–Trinajstić information content (AvgIpc) is 2.78. The number of carbonyl (C=O) groups excluding carboxylic acids is 1. The summed E-state index contributed by atoms with van der Waals surface area (Å²) in [7, 11) is 0. The Kier molecular flexibility index (Phi) is 3.99. The van der Waals surface area contributed by atoms with E-state index in [0.29, 0.717) is 17.3 Å². The molecule has 0 N–H and O–H groups in total. The molecule has 2 rings (SSSR count). The van der Waals surface area contributed by atoms with Crippen molar-refractivity contribution in [2.45, 2.75) is 33.3 Å². The standard InChI is InChI=1S/C14H19ClN2O2/c1-14(2,3)13(18)17-7-5-10(9-17)19-12-4-6-16-8-11(12)15/h4,6,8,10H,5,7,9H2,1-3H3. The summed E-state index contributed by atoms with van der Waals surface area (Å²) in [5.74, 6) is 0.797. The first-order chi connectivity index (χ1) is 8.88. The van der Waals surface area contributed by atoms with E-state index in [4.69, 9.17) is 16.3 Å². The van der Waals surface area contributed by atoms with Crippen LogP contribution in [0.5, 0.6) is 5.75 Å². The SMILES string of the molecule is CC(C)(C)C(=O)N1CCC(Oc2ccncc2Cl)C1. The molecule has 1 aromatic rings. The molecular weight excluding hydrogens is 264 g/mol. The van der Waals surface area contributed by atoms with E-state index in [1.54, 1.807) is 18.5 Å². The number of nitrogens with zero attached hydrogens (tertiary/aromatic N) is 2. The van der Waals surface area contributed by atoms with E-state index < -0.39 is 0 Å². The number of likely N-dealkylation sites (tertiary alicyclic amines) is 1. The molecule has 0 bridgehead atoms. The third kappa shape index (κ3) is 3.38. The van der Waals surface area contributed by atoms with E-state index in [9.17, 15) is 4.79 Å². The fourth-order valence-corrected chi connectivity index (χ4v) is 2.28. The molecule has 1 saturated heterocycles. The van der Waals surface area contributed by atoms with Gasteiger partial charge in [-0.2, -0.15) is 0 Å². The molecule has 1 amide bonds. The summed E-state index contributed by atoms with van der Waals surface area (Å²) in [6.07, 6.45) is 4.05. The highest BCUT2D eigenvalue weighted by Crippen LogP contribution is 2.27. The van der Waals surface area contributed by atoms with Crippen LogP contribution in [-0.2, 0) is 4.79 Å². The minimum Gasteiger partial charge on any atom is -0.487 e. The minimum absolute atomic E-state index is 0.00574. The van der Waals surface area contributed by atoms with E-state index in [1.807, 2.05) is 25.7 Å². The molecule has 0 spiro atoms. The lowest BCUT2D eigenvalue weighted by molar-refractivity contribution is -0.138. The Bertz CT molecular complexity index is 471. The third-order valence-electron chi connectivity index (χ3n) is 3.10. The second kappa shape index (κ2) is 5.37. The highest BCUT2D eigenvalue weighted by molar-refractivity contribution is 6.31. The predicted octanol–water partition coefficient (Wildman–Crippen LogP) is 2.76. The molecule has 1 unspecified atom stereocenters. The topological polar surface area (TPSA) is 42.4 Å². The van der Waals surface area contributed by atoms with Crippen LogP contribution in [0.25, 0.3) is 0 Å². The lowest BCUT2D eigenvalue weighted by Crippen LogP contribution is -2.38.